The van der Waals surface area contributed by atoms with E-state index >= 15 is 0 Å². The highest BCUT2D eigenvalue weighted by Gasteiger charge is 2.71. The zero-order valence-corrected chi connectivity index (χ0v) is 23.2. The zero-order valence-electron chi connectivity index (χ0n) is 23.2. The van der Waals surface area contributed by atoms with E-state index in [1.807, 2.05) is 55.1 Å². The number of anilines is 1. The molecule has 6 heteroatoms. The van der Waals surface area contributed by atoms with E-state index < -0.39 is 29.2 Å². The number of fused-ring (bicyclic) bond motifs is 5. The topological polar surface area (TPSA) is 63.7 Å². The Morgan fingerprint density at radius 1 is 0.905 bits per heavy atom. The van der Waals surface area contributed by atoms with Crippen LogP contribution in [0.5, 0.6) is 5.75 Å². The summed E-state index contributed by atoms with van der Waals surface area (Å²) in [5.74, 6) is -1.65. The lowest BCUT2D eigenvalue weighted by Crippen LogP contribution is -2.48. The van der Waals surface area contributed by atoms with Crippen LogP contribution in [0.1, 0.15) is 60.6 Å². The minimum atomic E-state index is -1.65. The maximum absolute atomic E-state index is 14.8. The molecule has 1 aliphatic carbocycles. The van der Waals surface area contributed by atoms with E-state index in [2.05, 4.69) is 0 Å². The highest BCUT2D eigenvalue weighted by atomic mass is 19.1. The van der Waals surface area contributed by atoms with E-state index in [4.69, 9.17) is 4.74 Å². The van der Waals surface area contributed by atoms with E-state index in [0.717, 1.165) is 5.56 Å². The first kappa shape index (κ1) is 26.1. The number of carbonyl (C=O) groups is 3. The fourth-order valence-corrected chi connectivity index (χ4v) is 7.20. The SMILES string of the molecule is CCOc1ccccc1[C@H]1[C@@H](C(=O)c2ccc(C)cc2)N2c3ccc(F)cc3C=C[C@@H]2C12C(=O)c1ccccc1C2=O. The van der Waals surface area contributed by atoms with Crippen molar-refractivity contribution in [3.05, 3.63) is 136 Å². The Balaban J connectivity index is 1.56. The fraction of sp³-hybridized carbons (Fsp3) is 0.194. The van der Waals surface area contributed by atoms with E-state index in [1.165, 1.54) is 12.1 Å². The molecule has 0 saturated carbocycles. The van der Waals surface area contributed by atoms with Gasteiger partial charge in [-0.3, -0.25) is 14.4 Å². The molecule has 0 radical (unpaired) electrons. The number of halogens is 1. The first-order valence-electron chi connectivity index (χ1n) is 14.1. The van der Waals surface area contributed by atoms with Crippen molar-refractivity contribution < 1.29 is 23.5 Å². The summed E-state index contributed by atoms with van der Waals surface area (Å²) in [6, 6.07) is 24.2. The number of ether oxygens (including phenoxy) is 1. The molecular weight excluding hydrogens is 529 g/mol. The molecule has 5 nitrogen and oxygen atoms in total. The van der Waals surface area contributed by atoms with Gasteiger partial charge in [0.25, 0.3) is 0 Å². The lowest BCUT2D eigenvalue weighted by atomic mass is 9.64. The predicted molar refractivity (Wildman–Crippen MR) is 159 cm³/mol. The molecule has 0 bridgehead atoms. The van der Waals surface area contributed by atoms with Crippen molar-refractivity contribution in [2.45, 2.75) is 31.8 Å². The molecule has 0 amide bonds. The number of hydrogen-bond acceptors (Lipinski definition) is 5. The number of nitrogens with zero attached hydrogens (tertiary/aromatic N) is 1. The van der Waals surface area contributed by atoms with Gasteiger partial charge in [-0.1, -0.05) is 84.4 Å². The molecule has 0 unspecified atom stereocenters. The van der Waals surface area contributed by atoms with Gasteiger partial charge in [-0.15, -0.1) is 0 Å². The van der Waals surface area contributed by atoms with Gasteiger partial charge in [0.05, 0.1) is 12.6 Å². The number of carbonyl (C=O) groups excluding carboxylic acids is 3. The van der Waals surface area contributed by atoms with Gasteiger partial charge in [-0.05, 0) is 38.1 Å². The number of benzene rings is 4. The van der Waals surface area contributed by atoms with E-state index in [0.29, 0.717) is 45.9 Å². The van der Waals surface area contributed by atoms with Crippen LogP contribution in [0.4, 0.5) is 10.1 Å². The Morgan fingerprint density at radius 3 is 2.26 bits per heavy atom. The van der Waals surface area contributed by atoms with Crippen LogP contribution in [-0.4, -0.2) is 36.0 Å². The van der Waals surface area contributed by atoms with Gasteiger partial charge in [0, 0.05) is 39.4 Å². The molecule has 2 aliphatic heterocycles. The van der Waals surface area contributed by atoms with Crippen LogP contribution in [-0.2, 0) is 0 Å². The van der Waals surface area contributed by atoms with Gasteiger partial charge in [-0.25, -0.2) is 4.39 Å². The zero-order chi connectivity index (χ0) is 29.2. The lowest BCUT2D eigenvalue weighted by molar-refractivity contribution is 0.0664. The van der Waals surface area contributed by atoms with Crippen LogP contribution in [0.25, 0.3) is 6.08 Å². The Kier molecular flexibility index (Phi) is 5.98. The third kappa shape index (κ3) is 3.51. The van der Waals surface area contributed by atoms with Crippen LogP contribution in [0.2, 0.25) is 0 Å². The summed E-state index contributed by atoms with van der Waals surface area (Å²) in [7, 11) is 0. The summed E-state index contributed by atoms with van der Waals surface area (Å²) in [5.41, 5.74) is 2.32. The summed E-state index contributed by atoms with van der Waals surface area (Å²) < 4.78 is 20.5. The molecular formula is C36H28FNO4. The number of Topliss-reactive ketones (excluding diaryl/α,β-unsaturated/α-hetero) is 3. The number of aryl methyl sites for hydroxylation is 1. The quantitative estimate of drug-likeness (QED) is 0.198. The molecule has 3 aliphatic rings. The maximum Gasteiger partial charge on any atom is 0.185 e. The first-order chi connectivity index (χ1) is 20.4. The second-order valence-corrected chi connectivity index (χ2v) is 11.1. The normalized spacial score (nSPS) is 21.3. The second-order valence-electron chi connectivity index (χ2n) is 11.1. The molecule has 3 atom stereocenters. The minimum absolute atomic E-state index is 0.227. The summed E-state index contributed by atoms with van der Waals surface area (Å²) in [6.07, 6.45) is 3.55. The van der Waals surface area contributed by atoms with Crippen LogP contribution in [0.15, 0.2) is 97.1 Å². The first-order valence-corrected chi connectivity index (χ1v) is 14.1. The van der Waals surface area contributed by atoms with Gasteiger partial charge < -0.3 is 9.64 Å². The largest absolute Gasteiger partial charge is 0.494 e. The van der Waals surface area contributed by atoms with Crippen molar-refractivity contribution in [3.63, 3.8) is 0 Å². The number of para-hydroxylation sites is 1. The highest BCUT2D eigenvalue weighted by molar-refractivity contribution is 6.32. The van der Waals surface area contributed by atoms with Crippen molar-refractivity contribution in [1.29, 1.82) is 0 Å². The Hall–Kier alpha value is -4.84. The third-order valence-corrected chi connectivity index (χ3v) is 8.92. The Bertz CT molecular complexity index is 1770. The molecule has 4 aromatic carbocycles. The third-order valence-electron chi connectivity index (χ3n) is 8.92. The van der Waals surface area contributed by atoms with Crippen molar-refractivity contribution >= 4 is 29.1 Å². The van der Waals surface area contributed by atoms with E-state index in [-0.39, 0.29) is 17.3 Å². The van der Waals surface area contributed by atoms with Crippen molar-refractivity contribution in [1.82, 2.24) is 0 Å². The average molecular weight is 558 g/mol. The Labute approximate surface area is 243 Å². The summed E-state index contributed by atoms with van der Waals surface area (Å²) in [4.78, 5) is 46.2. The van der Waals surface area contributed by atoms with Crippen LogP contribution < -0.4 is 9.64 Å². The molecule has 4 aromatic rings. The van der Waals surface area contributed by atoms with E-state index in [1.54, 1.807) is 54.6 Å². The lowest BCUT2D eigenvalue weighted by Gasteiger charge is -2.37. The number of rotatable bonds is 5. The summed E-state index contributed by atoms with van der Waals surface area (Å²) in [5, 5.41) is 0. The van der Waals surface area contributed by atoms with Crippen molar-refractivity contribution in [2.24, 2.45) is 5.41 Å². The number of hydrogen-bond donors (Lipinski definition) is 0. The molecule has 1 saturated heterocycles. The van der Waals surface area contributed by atoms with Crippen molar-refractivity contribution in [2.75, 3.05) is 11.5 Å². The minimum Gasteiger partial charge on any atom is -0.494 e. The van der Waals surface area contributed by atoms with Crippen LogP contribution >= 0.6 is 0 Å². The molecule has 7 rings (SSSR count). The summed E-state index contributed by atoms with van der Waals surface area (Å²) >= 11 is 0. The predicted octanol–water partition coefficient (Wildman–Crippen LogP) is 6.85. The highest BCUT2D eigenvalue weighted by Crippen LogP contribution is 2.62. The standard InChI is InChI=1S/C36H28FNO4/c1-3-42-29-11-7-6-10-27(29)31-32(33(39)22-14-12-21(2)13-15-22)38-28-18-17-24(37)20-23(28)16-19-30(38)36(31)34(40)25-8-4-5-9-26(25)35(36)41/h4-20,30-32H,3H2,1-2H3/t30-,31+,32+/m1/s1. The molecule has 42 heavy (non-hydrogen) atoms. The van der Waals surface area contributed by atoms with Crippen LogP contribution in [0.3, 0.4) is 0 Å². The van der Waals surface area contributed by atoms with Gasteiger partial charge in [0.2, 0.25) is 0 Å². The monoisotopic (exact) mass is 557 g/mol. The molecule has 2 heterocycles. The fourth-order valence-electron chi connectivity index (χ4n) is 7.20. The van der Waals surface area contributed by atoms with Crippen molar-refractivity contribution in [3.8, 4) is 5.75 Å². The van der Waals surface area contributed by atoms with Gasteiger partial charge in [-0.2, -0.15) is 0 Å². The van der Waals surface area contributed by atoms with Gasteiger partial charge >= 0.3 is 0 Å². The van der Waals surface area contributed by atoms with Gasteiger partial charge in [0.15, 0.2) is 17.3 Å². The second kappa shape index (κ2) is 9.62. The average Bonchev–Trinajstić information content (AvgIpc) is 3.43. The molecule has 1 spiro atoms. The maximum atomic E-state index is 14.8. The van der Waals surface area contributed by atoms with E-state index in [9.17, 15) is 18.8 Å². The molecule has 0 aromatic heterocycles. The smallest absolute Gasteiger partial charge is 0.185 e. The Morgan fingerprint density at radius 2 is 1.57 bits per heavy atom. The summed E-state index contributed by atoms with van der Waals surface area (Å²) in [6.45, 7) is 4.18. The number of ketones is 3. The molecule has 0 N–H and O–H groups in total. The van der Waals surface area contributed by atoms with Gasteiger partial charge in [0.1, 0.15) is 23.0 Å². The molecule has 208 valence electrons. The van der Waals surface area contributed by atoms with Crippen LogP contribution in [0, 0.1) is 18.2 Å². The molecule has 1 fully saturated rings.